The molecule has 3 heteroatoms. The first-order valence-electron chi connectivity index (χ1n) is 7.00. The van der Waals surface area contributed by atoms with Crippen molar-refractivity contribution < 1.29 is 5.11 Å². The second-order valence-corrected chi connectivity index (χ2v) is 5.67. The number of aliphatic hydroxyl groups excluding tert-OH is 1. The average molecular weight is 294 g/mol. The fourth-order valence-corrected chi connectivity index (χ4v) is 2.32. The van der Waals surface area contributed by atoms with Crippen LogP contribution in [-0.4, -0.2) is 11.2 Å². The van der Waals surface area contributed by atoms with Gasteiger partial charge >= 0.3 is 0 Å². The van der Waals surface area contributed by atoms with Gasteiger partial charge in [0.1, 0.15) is 0 Å². The molecule has 2 aromatic carbocycles. The highest BCUT2D eigenvalue weighted by Gasteiger charge is 2.17. The zero-order valence-electron chi connectivity index (χ0n) is 12.1. The molecule has 0 bridgehead atoms. The molecule has 0 aliphatic heterocycles. The standard InChI is InChI=1S/C17H23NO.ClH/c1-12(2)7-10-16(19)17(18)15-9-8-13-5-3-4-6-14(13)11-15;/h3-6,8-9,11-12,16-17,19H,7,10,18H2,1-2H3;1H/t16-,17+;/m0./s1. The van der Waals surface area contributed by atoms with E-state index >= 15 is 0 Å². The number of hydrogen-bond acceptors (Lipinski definition) is 2. The van der Waals surface area contributed by atoms with E-state index in [0.29, 0.717) is 5.92 Å². The number of aliphatic hydroxyl groups is 1. The Bertz CT molecular complexity index is 541. The predicted octanol–water partition coefficient (Wildman–Crippen LogP) is 4.06. The van der Waals surface area contributed by atoms with Crippen molar-refractivity contribution in [2.45, 2.75) is 38.8 Å². The summed E-state index contributed by atoms with van der Waals surface area (Å²) in [5, 5.41) is 12.5. The van der Waals surface area contributed by atoms with E-state index in [-0.39, 0.29) is 18.4 Å². The highest BCUT2D eigenvalue weighted by atomic mass is 35.5. The van der Waals surface area contributed by atoms with E-state index in [0.717, 1.165) is 18.4 Å². The van der Waals surface area contributed by atoms with Gasteiger partial charge in [0.25, 0.3) is 0 Å². The molecule has 0 amide bonds. The SMILES string of the molecule is CC(C)CC[C@H](O)[C@H](N)c1ccc2ccccc2c1.Cl. The van der Waals surface area contributed by atoms with Crippen LogP contribution in [0, 0.1) is 5.92 Å². The molecule has 0 saturated heterocycles. The van der Waals surface area contributed by atoms with E-state index in [9.17, 15) is 5.11 Å². The minimum atomic E-state index is -0.469. The normalized spacial score (nSPS) is 14.1. The zero-order chi connectivity index (χ0) is 13.8. The molecule has 0 aliphatic carbocycles. The van der Waals surface area contributed by atoms with Gasteiger partial charge in [-0.15, -0.1) is 12.4 Å². The number of nitrogens with two attached hydrogens (primary N) is 1. The van der Waals surface area contributed by atoms with Gasteiger partial charge in [-0.05, 0) is 41.2 Å². The smallest absolute Gasteiger partial charge is 0.0732 e. The number of benzene rings is 2. The molecular formula is C17H24ClNO. The van der Waals surface area contributed by atoms with Crippen LogP contribution in [0.25, 0.3) is 10.8 Å². The van der Waals surface area contributed by atoms with Crippen molar-refractivity contribution >= 4 is 23.2 Å². The summed E-state index contributed by atoms with van der Waals surface area (Å²) in [5.41, 5.74) is 7.17. The lowest BCUT2D eigenvalue weighted by atomic mass is 9.94. The second kappa shape index (κ2) is 7.63. The van der Waals surface area contributed by atoms with Gasteiger partial charge in [-0.1, -0.05) is 50.2 Å². The Labute approximate surface area is 127 Å². The summed E-state index contributed by atoms with van der Waals surface area (Å²) in [6, 6.07) is 14.1. The highest BCUT2D eigenvalue weighted by Crippen LogP contribution is 2.23. The van der Waals surface area contributed by atoms with Crippen molar-refractivity contribution in [3.8, 4) is 0 Å². The number of fused-ring (bicyclic) bond motifs is 1. The molecule has 0 spiro atoms. The van der Waals surface area contributed by atoms with Crippen molar-refractivity contribution in [1.29, 1.82) is 0 Å². The maximum atomic E-state index is 10.2. The quantitative estimate of drug-likeness (QED) is 0.873. The summed E-state index contributed by atoms with van der Waals surface area (Å²) in [4.78, 5) is 0. The third kappa shape index (κ3) is 4.20. The summed E-state index contributed by atoms with van der Waals surface area (Å²) >= 11 is 0. The van der Waals surface area contributed by atoms with Crippen molar-refractivity contribution in [2.75, 3.05) is 0 Å². The molecule has 2 nitrogen and oxygen atoms in total. The summed E-state index contributed by atoms with van der Waals surface area (Å²) in [6.07, 6.45) is 1.29. The number of halogens is 1. The molecule has 0 aromatic heterocycles. The van der Waals surface area contributed by atoms with Crippen LogP contribution in [0.3, 0.4) is 0 Å². The Morgan fingerprint density at radius 1 is 1.00 bits per heavy atom. The highest BCUT2D eigenvalue weighted by molar-refractivity contribution is 5.85. The molecule has 0 unspecified atom stereocenters. The van der Waals surface area contributed by atoms with Crippen molar-refractivity contribution in [1.82, 2.24) is 0 Å². The predicted molar refractivity (Wildman–Crippen MR) is 88.2 cm³/mol. The molecule has 0 heterocycles. The third-order valence-corrected chi connectivity index (χ3v) is 3.61. The number of rotatable bonds is 5. The van der Waals surface area contributed by atoms with Crippen molar-refractivity contribution in [3.63, 3.8) is 0 Å². The maximum Gasteiger partial charge on any atom is 0.0732 e. The molecule has 2 atom stereocenters. The molecule has 0 fully saturated rings. The van der Waals surface area contributed by atoms with E-state index in [4.69, 9.17) is 5.73 Å². The van der Waals surface area contributed by atoms with Crippen LogP contribution >= 0.6 is 12.4 Å². The van der Waals surface area contributed by atoms with E-state index < -0.39 is 6.10 Å². The monoisotopic (exact) mass is 293 g/mol. The summed E-state index contributed by atoms with van der Waals surface area (Å²) in [6.45, 7) is 4.32. The van der Waals surface area contributed by atoms with Gasteiger partial charge in [-0.3, -0.25) is 0 Å². The second-order valence-electron chi connectivity index (χ2n) is 5.67. The van der Waals surface area contributed by atoms with Crippen LogP contribution in [0.1, 0.15) is 38.3 Å². The van der Waals surface area contributed by atoms with Gasteiger partial charge in [-0.2, -0.15) is 0 Å². The Kier molecular flexibility index (Phi) is 6.47. The molecule has 2 rings (SSSR count). The first-order chi connectivity index (χ1) is 9.08. The topological polar surface area (TPSA) is 46.2 Å². The fourth-order valence-electron chi connectivity index (χ4n) is 2.32. The minimum absolute atomic E-state index is 0. The van der Waals surface area contributed by atoms with Gasteiger partial charge in [-0.25, -0.2) is 0 Å². The number of hydrogen-bond donors (Lipinski definition) is 2. The molecule has 0 aliphatic rings. The Balaban J connectivity index is 0.00000200. The molecule has 2 aromatic rings. The Morgan fingerprint density at radius 2 is 1.65 bits per heavy atom. The lowest BCUT2D eigenvalue weighted by Crippen LogP contribution is -2.26. The zero-order valence-corrected chi connectivity index (χ0v) is 12.9. The summed E-state index contributed by atoms with van der Waals surface area (Å²) < 4.78 is 0. The Morgan fingerprint density at radius 3 is 2.30 bits per heavy atom. The fraction of sp³-hybridized carbons (Fsp3) is 0.412. The molecule has 3 N–H and O–H groups in total. The lowest BCUT2D eigenvalue weighted by Gasteiger charge is -2.20. The molecular weight excluding hydrogens is 270 g/mol. The van der Waals surface area contributed by atoms with Crippen LogP contribution in [-0.2, 0) is 0 Å². The average Bonchev–Trinajstić information content (AvgIpc) is 2.43. The molecule has 0 radical (unpaired) electrons. The summed E-state index contributed by atoms with van der Waals surface area (Å²) in [5.74, 6) is 0.596. The maximum absolute atomic E-state index is 10.2. The first-order valence-corrected chi connectivity index (χ1v) is 7.00. The minimum Gasteiger partial charge on any atom is -0.391 e. The van der Waals surface area contributed by atoms with Gasteiger partial charge in [0, 0.05) is 0 Å². The van der Waals surface area contributed by atoms with Gasteiger partial charge < -0.3 is 10.8 Å². The first kappa shape index (κ1) is 17.0. The van der Waals surface area contributed by atoms with E-state index in [1.807, 2.05) is 18.2 Å². The summed E-state index contributed by atoms with van der Waals surface area (Å²) in [7, 11) is 0. The Hall–Kier alpha value is -1.09. The van der Waals surface area contributed by atoms with Crippen LogP contribution in [0.5, 0.6) is 0 Å². The molecule has 0 saturated carbocycles. The van der Waals surface area contributed by atoms with E-state index in [1.54, 1.807) is 0 Å². The van der Waals surface area contributed by atoms with Crippen LogP contribution < -0.4 is 5.73 Å². The van der Waals surface area contributed by atoms with Gasteiger partial charge in [0.2, 0.25) is 0 Å². The van der Waals surface area contributed by atoms with E-state index in [2.05, 4.69) is 38.1 Å². The van der Waals surface area contributed by atoms with Gasteiger partial charge in [0.15, 0.2) is 0 Å². The van der Waals surface area contributed by atoms with Crippen LogP contribution in [0.4, 0.5) is 0 Å². The lowest BCUT2D eigenvalue weighted by molar-refractivity contribution is 0.128. The van der Waals surface area contributed by atoms with Gasteiger partial charge in [0.05, 0.1) is 12.1 Å². The van der Waals surface area contributed by atoms with E-state index in [1.165, 1.54) is 10.8 Å². The van der Waals surface area contributed by atoms with Crippen LogP contribution in [0.2, 0.25) is 0 Å². The molecule has 20 heavy (non-hydrogen) atoms. The third-order valence-electron chi connectivity index (χ3n) is 3.61. The van der Waals surface area contributed by atoms with Crippen molar-refractivity contribution in [2.24, 2.45) is 11.7 Å². The molecule has 110 valence electrons. The largest absolute Gasteiger partial charge is 0.391 e. The van der Waals surface area contributed by atoms with Crippen LogP contribution in [0.15, 0.2) is 42.5 Å². The van der Waals surface area contributed by atoms with Crippen molar-refractivity contribution in [3.05, 3.63) is 48.0 Å².